The normalized spacial score (nSPS) is 18.2. The molecule has 0 fully saturated rings. The molecule has 2 heteroatoms. The van der Waals surface area contributed by atoms with E-state index in [4.69, 9.17) is 5.11 Å². The maximum Gasteiger partial charge on any atom is 1.00 e. The fraction of sp³-hybridized carbons (Fsp3) is 0.500. The van der Waals surface area contributed by atoms with Gasteiger partial charge in [-0.25, -0.2) is 0 Å². The van der Waals surface area contributed by atoms with Gasteiger partial charge in [-0.1, -0.05) is 12.2 Å². The fourth-order valence-electron chi connectivity index (χ4n) is 0.915. The van der Waals surface area contributed by atoms with Crippen molar-refractivity contribution in [3.63, 3.8) is 0 Å². The van der Waals surface area contributed by atoms with Gasteiger partial charge in [0, 0.05) is 6.42 Å². The van der Waals surface area contributed by atoms with Crippen molar-refractivity contribution in [3.05, 3.63) is 24.0 Å². The molecule has 0 aliphatic heterocycles. The quantitative estimate of drug-likeness (QED) is 0.498. The molecule has 0 atom stereocenters. The first kappa shape index (κ1) is 9.90. The number of aliphatic hydroxyl groups excluding tert-OH is 1. The molecule has 0 aromatic rings. The molecule has 10 heavy (non-hydrogen) atoms. The van der Waals surface area contributed by atoms with Gasteiger partial charge in [0.1, 0.15) is 0 Å². The van der Waals surface area contributed by atoms with E-state index >= 15 is 0 Å². The smallest absolute Gasteiger partial charge is 0.513 e. The zero-order chi connectivity index (χ0) is 6.53. The van der Waals surface area contributed by atoms with Gasteiger partial charge in [-0.15, -0.1) is 0 Å². The zero-order valence-corrected chi connectivity index (χ0v) is 7.48. The maximum absolute atomic E-state index is 9.04. The first-order valence-corrected chi connectivity index (χ1v) is 3.42. The molecule has 1 aliphatic carbocycles. The van der Waals surface area contributed by atoms with Crippen LogP contribution in [0.5, 0.6) is 0 Å². The van der Waals surface area contributed by atoms with Crippen molar-refractivity contribution < 1.29 is 24.6 Å². The molecule has 0 saturated heterocycles. The van der Waals surface area contributed by atoms with E-state index in [1.165, 1.54) is 0 Å². The van der Waals surface area contributed by atoms with E-state index < -0.39 is 0 Å². The van der Waals surface area contributed by atoms with Gasteiger partial charge in [0.25, 0.3) is 0 Å². The molecular weight excluding hydrogens is 215 g/mol. The predicted octanol–water partition coefficient (Wildman–Crippen LogP) is 2.56. The largest absolute Gasteiger partial charge is 1.00 e. The Labute approximate surface area is 74.6 Å². The summed E-state index contributed by atoms with van der Waals surface area (Å²) in [7, 11) is 0. The zero-order valence-electron chi connectivity index (χ0n) is 5.84. The molecule has 0 spiro atoms. The van der Waals surface area contributed by atoms with Gasteiger partial charge in [-0.2, -0.15) is 0 Å². The summed E-state index contributed by atoms with van der Waals surface area (Å²) in [6.45, 7) is 0. The van der Waals surface area contributed by atoms with E-state index in [2.05, 4.69) is 12.2 Å². The maximum atomic E-state index is 9.04. The van der Waals surface area contributed by atoms with Crippen molar-refractivity contribution in [1.82, 2.24) is 0 Å². The van der Waals surface area contributed by atoms with Crippen molar-refractivity contribution in [2.75, 3.05) is 0 Å². The molecule has 0 aromatic carbocycles. The van der Waals surface area contributed by atoms with Gasteiger partial charge in [0.05, 0.1) is 5.76 Å². The second-order valence-electron chi connectivity index (χ2n) is 2.28. The summed E-state index contributed by atoms with van der Waals surface area (Å²) in [5.41, 5.74) is 0. The predicted molar refractivity (Wildman–Crippen MR) is 38.3 cm³/mol. The second kappa shape index (κ2) is 5.67. The Balaban J connectivity index is 0.000000810. The summed E-state index contributed by atoms with van der Waals surface area (Å²) >= 11 is 0. The molecule has 0 bridgehead atoms. The topological polar surface area (TPSA) is 20.2 Å². The van der Waals surface area contributed by atoms with E-state index in [1.54, 1.807) is 0 Å². The first-order valence-electron chi connectivity index (χ1n) is 3.42. The molecule has 1 rings (SSSR count). The number of hydrogen-bond acceptors (Lipinski definition) is 1. The summed E-state index contributed by atoms with van der Waals surface area (Å²) in [6.07, 6.45) is 10.1. The van der Waals surface area contributed by atoms with Crippen LogP contribution in [0.25, 0.3) is 0 Å². The average molecular weight is 227 g/mol. The molecule has 1 nitrogen and oxygen atoms in total. The Kier molecular flexibility index (Phi) is 5.62. The van der Waals surface area contributed by atoms with Crippen LogP contribution in [0, 0.1) is 0 Å². The molecule has 1 N–H and O–H groups in total. The van der Waals surface area contributed by atoms with E-state index in [-0.39, 0.29) is 19.5 Å². The van der Waals surface area contributed by atoms with Crippen LogP contribution in [0.4, 0.5) is 0 Å². The number of aliphatic hydroxyl groups is 1. The third kappa shape index (κ3) is 3.84. The van der Waals surface area contributed by atoms with E-state index in [0.717, 1.165) is 25.7 Å². The minimum atomic E-state index is 0. The average Bonchev–Trinajstić information content (AvgIpc) is 1.79. The van der Waals surface area contributed by atoms with Crippen molar-refractivity contribution in [2.45, 2.75) is 25.7 Å². The Bertz CT molecular complexity index is 138. The van der Waals surface area contributed by atoms with Crippen LogP contribution in [0.3, 0.4) is 0 Å². The van der Waals surface area contributed by atoms with Crippen LogP contribution < -0.4 is 0 Å². The minimum absolute atomic E-state index is 0. The Morgan fingerprint density at radius 2 is 1.80 bits per heavy atom. The van der Waals surface area contributed by atoms with Crippen LogP contribution >= 0.6 is 0 Å². The molecule has 0 aromatic heterocycles. The molecule has 0 heterocycles. The number of hydrogen-bond donors (Lipinski definition) is 1. The Hall–Kier alpha value is -0.0966. The fourth-order valence-corrected chi connectivity index (χ4v) is 0.915. The third-order valence-corrected chi connectivity index (χ3v) is 1.45. The summed E-state index contributed by atoms with van der Waals surface area (Å²) in [4.78, 5) is 0. The van der Waals surface area contributed by atoms with Crippen LogP contribution in [-0.2, 0) is 19.5 Å². The van der Waals surface area contributed by atoms with Crippen LogP contribution in [0.1, 0.15) is 25.7 Å². The van der Waals surface area contributed by atoms with E-state index in [0.29, 0.717) is 5.76 Å². The Morgan fingerprint density at radius 3 is 2.60 bits per heavy atom. The molecule has 0 amide bonds. The van der Waals surface area contributed by atoms with Gasteiger partial charge >= 0.3 is 19.5 Å². The van der Waals surface area contributed by atoms with E-state index in [1.807, 2.05) is 6.08 Å². The molecular formula is C8H12ORh+. The molecule has 1 aliphatic rings. The van der Waals surface area contributed by atoms with Crippen LogP contribution in [0.15, 0.2) is 24.0 Å². The molecule has 0 unspecified atom stereocenters. The SMILES string of the molecule is OC1=CCCC=CCC1.[Rh+]. The van der Waals surface area contributed by atoms with Crippen molar-refractivity contribution in [3.8, 4) is 0 Å². The second-order valence-corrected chi connectivity index (χ2v) is 2.28. The molecule has 0 saturated carbocycles. The molecule has 58 valence electrons. The van der Waals surface area contributed by atoms with Crippen molar-refractivity contribution >= 4 is 0 Å². The van der Waals surface area contributed by atoms with Crippen molar-refractivity contribution in [1.29, 1.82) is 0 Å². The van der Waals surface area contributed by atoms with Crippen LogP contribution in [-0.4, -0.2) is 5.11 Å². The van der Waals surface area contributed by atoms with Crippen molar-refractivity contribution in [2.24, 2.45) is 0 Å². The monoisotopic (exact) mass is 227 g/mol. The summed E-state index contributed by atoms with van der Waals surface area (Å²) < 4.78 is 0. The van der Waals surface area contributed by atoms with Gasteiger partial charge in [0.15, 0.2) is 0 Å². The first-order chi connectivity index (χ1) is 4.39. The number of rotatable bonds is 0. The standard InChI is InChI=1S/C8H12O.Rh/c9-8-6-4-2-1-3-5-7-8;/h1-2,7,9H,3-6H2;/q;+1. The van der Waals surface area contributed by atoms with Gasteiger partial charge in [-0.3, -0.25) is 0 Å². The minimum Gasteiger partial charge on any atom is -0.513 e. The summed E-state index contributed by atoms with van der Waals surface area (Å²) in [5.74, 6) is 0.555. The third-order valence-electron chi connectivity index (χ3n) is 1.45. The summed E-state index contributed by atoms with van der Waals surface area (Å²) in [6, 6.07) is 0. The van der Waals surface area contributed by atoms with Gasteiger partial charge < -0.3 is 5.11 Å². The van der Waals surface area contributed by atoms with E-state index in [9.17, 15) is 0 Å². The van der Waals surface area contributed by atoms with Crippen LogP contribution in [0.2, 0.25) is 0 Å². The molecule has 0 radical (unpaired) electrons. The van der Waals surface area contributed by atoms with Gasteiger partial charge in [0.2, 0.25) is 0 Å². The Morgan fingerprint density at radius 1 is 1.10 bits per heavy atom. The summed E-state index contributed by atoms with van der Waals surface area (Å²) in [5, 5.41) is 9.04. The number of allylic oxidation sites excluding steroid dienone is 4. The van der Waals surface area contributed by atoms with Gasteiger partial charge in [-0.05, 0) is 25.3 Å².